The molecule has 2 aromatic rings. The maximum absolute atomic E-state index is 13.2. The van der Waals surface area contributed by atoms with Crippen LogP contribution in [0.15, 0.2) is 42.5 Å². The van der Waals surface area contributed by atoms with Crippen LogP contribution in [0.4, 0.5) is 5.69 Å². The average molecular weight is 529 g/mol. The van der Waals surface area contributed by atoms with Gasteiger partial charge in [-0.3, -0.25) is 13.9 Å². The molecule has 0 bridgehead atoms. The largest absolute Gasteiger partial charge is 0.355 e. The molecule has 10 heteroatoms. The third kappa shape index (κ3) is 7.61. The molecule has 7 nitrogen and oxygen atoms in total. The minimum atomic E-state index is -3.54. The van der Waals surface area contributed by atoms with Crippen LogP contribution in [0.1, 0.15) is 37.8 Å². The molecular weight excluding hydrogens is 497 g/mol. The first-order valence-electron chi connectivity index (χ1n) is 11.0. The topological polar surface area (TPSA) is 86.8 Å². The number of sulfonamides is 1. The lowest BCUT2D eigenvalue weighted by molar-refractivity contribution is -0.140. The van der Waals surface area contributed by atoms with Gasteiger partial charge in [0.1, 0.15) is 6.04 Å². The number of nitrogens with zero attached hydrogens (tertiary/aromatic N) is 2. The lowest BCUT2D eigenvalue weighted by atomic mass is 10.1. The van der Waals surface area contributed by atoms with Crippen molar-refractivity contribution < 1.29 is 18.0 Å². The van der Waals surface area contributed by atoms with E-state index in [0.717, 1.165) is 11.8 Å². The van der Waals surface area contributed by atoms with Gasteiger partial charge in [0.2, 0.25) is 21.8 Å². The first-order chi connectivity index (χ1) is 16.0. The number of hydrogen-bond donors (Lipinski definition) is 1. The highest BCUT2D eigenvalue weighted by molar-refractivity contribution is 7.92. The molecule has 0 saturated carbocycles. The standard InChI is InChI=1S/C24H31Cl2N3O4S/c1-5-27-24(31)18(3)28(16-20-21(25)11-7-12-22(20)26)23(30)13-8-14-29(34(4,32)33)19-10-6-9-17(2)15-19/h6-7,9-12,15,18H,5,8,13-14,16H2,1-4H3,(H,27,31)/t18-/m0/s1. The molecule has 0 aromatic heterocycles. The molecule has 34 heavy (non-hydrogen) atoms. The highest BCUT2D eigenvalue weighted by Crippen LogP contribution is 2.27. The molecule has 0 aliphatic carbocycles. The highest BCUT2D eigenvalue weighted by Gasteiger charge is 2.27. The summed E-state index contributed by atoms with van der Waals surface area (Å²) in [6, 6.07) is 11.5. The van der Waals surface area contributed by atoms with Crippen LogP contribution in [-0.4, -0.2) is 50.5 Å². The summed E-state index contributed by atoms with van der Waals surface area (Å²) in [7, 11) is -3.54. The quantitative estimate of drug-likeness (QED) is 0.469. The Kier molecular flexibility index (Phi) is 10.2. The van der Waals surface area contributed by atoms with E-state index in [-0.39, 0.29) is 37.7 Å². The SMILES string of the molecule is CCNC(=O)[C@H](C)N(Cc1c(Cl)cccc1Cl)C(=O)CCCN(c1cccc(C)c1)S(C)(=O)=O. The molecule has 0 radical (unpaired) electrons. The van der Waals surface area contributed by atoms with E-state index in [2.05, 4.69) is 5.32 Å². The van der Waals surface area contributed by atoms with Crippen molar-refractivity contribution in [2.45, 2.75) is 46.2 Å². The molecule has 2 aromatic carbocycles. The number of hydrogen-bond acceptors (Lipinski definition) is 4. The van der Waals surface area contributed by atoms with Crippen LogP contribution in [0, 0.1) is 6.92 Å². The lowest BCUT2D eigenvalue weighted by Gasteiger charge is -2.30. The fraction of sp³-hybridized carbons (Fsp3) is 0.417. The number of aryl methyl sites for hydroxylation is 1. The van der Waals surface area contributed by atoms with E-state index in [1.807, 2.05) is 13.0 Å². The number of likely N-dealkylation sites (N-methyl/N-ethyl adjacent to an activating group) is 1. The van der Waals surface area contributed by atoms with Gasteiger partial charge < -0.3 is 10.2 Å². The summed E-state index contributed by atoms with van der Waals surface area (Å²) in [6.45, 7) is 5.94. The maximum atomic E-state index is 13.2. The van der Waals surface area contributed by atoms with Gasteiger partial charge >= 0.3 is 0 Å². The van der Waals surface area contributed by atoms with Gasteiger partial charge in [-0.15, -0.1) is 0 Å². The fourth-order valence-corrected chi connectivity index (χ4v) is 5.02. The molecule has 186 valence electrons. The molecular formula is C24H31Cl2N3O4S. The number of halogens is 2. The van der Waals surface area contributed by atoms with Gasteiger partial charge in [0.15, 0.2) is 0 Å². The smallest absolute Gasteiger partial charge is 0.242 e. The zero-order valence-electron chi connectivity index (χ0n) is 19.8. The summed E-state index contributed by atoms with van der Waals surface area (Å²) >= 11 is 12.6. The van der Waals surface area contributed by atoms with Gasteiger partial charge in [-0.05, 0) is 57.0 Å². The lowest BCUT2D eigenvalue weighted by Crippen LogP contribution is -2.47. The van der Waals surface area contributed by atoms with Crippen LogP contribution in [0.3, 0.4) is 0 Å². The molecule has 0 aliphatic heterocycles. The summed E-state index contributed by atoms with van der Waals surface area (Å²) in [4.78, 5) is 27.2. The number of nitrogens with one attached hydrogen (secondary N) is 1. The predicted molar refractivity (Wildman–Crippen MR) is 138 cm³/mol. The minimum Gasteiger partial charge on any atom is -0.355 e. The Balaban J connectivity index is 2.21. The predicted octanol–water partition coefficient (Wildman–Crippen LogP) is 4.40. The molecule has 2 amide bonds. The van der Waals surface area contributed by atoms with Gasteiger partial charge in [0.05, 0.1) is 11.9 Å². The van der Waals surface area contributed by atoms with Gasteiger partial charge in [0, 0.05) is 41.7 Å². The van der Waals surface area contributed by atoms with E-state index >= 15 is 0 Å². The van der Waals surface area contributed by atoms with Crippen LogP contribution in [0.25, 0.3) is 0 Å². The molecule has 0 aliphatic rings. The zero-order chi connectivity index (χ0) is 25.5. The van der Waals surface area contributed by atoms with E-state index in [1.54, 1.807) is 50.2 Å². The van der Waals surface area contributed by atoms with Gasteiger partial charge in [-0.25, -0.2) is 8.42 Å². The van der Waals surface area contributed by atoms with Crippen molar-refractivity contribution in [3.63, 3.8) is 0 Å². The number of carbonyl (C=O) groups excluding carboxylic acids is 2. The number of carbonyl (C=O) groups is 2. The summed E-state index contributed by atoms with van der Waals surface area (Å²) in [6.07, 6.45) is 1.46. The summed E-state index contributed by atoms with van der Waals surface area (Å²) in [5.74, 6) is -0.594. The molecule has 0 heterocycles. The summed E-state index contributed by atoms with van der Waals surface area (Å²) < 4.78 is 26.1. The Morgan fingerprint density at radius 2 is 1.71 bits per heavy atom. The molecule has 0 fully saturated rings. The van der Waals surface area contributed by atoms with Crippen molar-refractivity contribution in [3.8, 4) is 0 Å². The Bertz CT molecular complexity index is 1100. The van der Waals surface area contributed by atoms with E-state index in [0.29, 0.717) is 27.8 Å². The van der Waals surface area contributed by atoms with E-state index in [4.69, 9.17) is 23.2 Å². The van der Waals surface area contributed by atoms with Crippen LogP contribution < -0.4 is 9.62 Å². The maximum Gasteiger partial charge on any atom is 0.242 e. The second kappa shape index (κ2) is 12.4. The molecule has 0 spiro atoms. The van der Waals surface area contributed by atoms with Crippen LogP contribution in [-0.2, 0) is 26.2 Å². The van der Waals surface area contributed by atoms with Crippen molar-refractivity contribution in [2.24, 2.45) is 0 Å². The van der Waals surface area contributed by atoms with Gasteiger partial charge in [0.25, 0.3) is 0 Å². The molecule has 1 N–H and O–H groups in total. The van der Waals surface area contributed by atoms with Crippen LogP contribution in [0.5, 0.6) is 0 Å². The number of benzene rings is 2. The van der Waals surface area contributed by atoms with Crippen molar-refractivity contribution in [3.05, 3.63) is 63.6 Å². The van der Waals surface area contributed by atoms with Crippen molar-refractivity contribution >= 4 is 50.7 Å². The molecule has 0 unspecified atom stereocenters. The Morgan fingerprint density at radius 3 is 2.26 bits per heavy atom. The monoisotopic (exact) mass is 527 g/mol. The second-order valence-electron chi connectivity index (χ2n) is 8.07. The van der Waals surface area contributed by atoms with Crippen LogP contribution >= 0.6 is 23.2 Å². The minimum absolute atomic E-state index is 0.0453. The van der Waals surface area contributed by atoms with E-state index in [9.17, 15) is 18.0 Å². The third-order valence-corrected chi connectivity index (χ3v) is 7.25. The molecule has 2 rings (SSSR count). The Morgan fingerprint density at radius 1 is 1.09 bits per heavy atom. The normalized spacial score (nSPS) is 12.2. The number of anilines is 1. The van der Waals surface area contributed by atoms with Crippen molar-refractivity contribution in [1.82, 2.24) is 10.2 Å². The summed E-state index contributed by atoms with van der Waals surface area (Å²) in [5, 5.41) is 3.53. The summed E-state index contributed by atoms with van der Waals surface area (Å²) in [5.41, 5.74) is 2.03. The first-order valence-corrected chi connectivity index (χ1v) is 13.6. The number of amides is 2. The van der Waals surface area contributed by atoms with E-state index < -0.39 is 16.1 Å². The first kappa shape index (κ1) is 28.0. The second-order valence-corrected chi connectivity index (χ2v) is 10.8. The number of rotatable bonds is 11. The Labute approximate surface area is 212 Å². The van der Waals surface area contributed by atoms with Gasteiger partial charge in [-0.1, -0.05) is 41.4 Å². The fourth-order valence-electron chi connectivity index (χ4n) is 3.55. The average Bonchev–Trinajstić information content (AvgIpc) is 2.75. The van der Waals surface area contributed by atoms with Crippen molar-refractivity contribution in [2.75, 3.05) is 23.7 Å². The van der Waals surface area contributed by atoms with Crippen molar-refractivity contribution in [1.29, 1.82) is 0 Å². The third-order valence-electron chi connectivity index (χ3n) is 5.35. The zero-order valence-corrected chi connectivity index (χ0v) is 22.2. The van der Waals surface area contributed by atoms with Gasteiger partial charge in [-0.2, -0.15) is 0 Å². The Hall–Kier alpha value is -2.29. The molecule has 1 atom stereocenters. The molecule has 0 saturated heterocycles. The van der Waals surface area contributed by atoms with Crippen LogP contribution in [0.2, 0.25) is 10.0 Å². The highest BCUT2D eigenvalue weighted by atomic mass is 35.5. The van der Waals surface area contributed by atoms with E-state index in [1.165, 1.54) is 9.21 Å².